The normalized spacial score (nSPS) is 12.0. The number of benzene rings is 3. The monoisotopic (exact) mass is 444 g/mol. The van der Waals surface area contributed by atoms with Gasteiger partial charge in [0, 0.05) is 28.2 Å². The molecule has 3 aromatic carbocycles. The third kappa shape index (κ3) is 3.81. The molecule has 0 aliphatic heterocycles. The van der Waals surface area contributed by atoms with Crippen LogP contribution in [0.3, 0.4) is 0 Å². The lowest BCUT2D eigenvalue weighted by Crippen LogP contribution is -2.34. The van der Waals surface area contributed by atoms with Gasteiger partial charge in [0.1, 0.15) is 5.75 Å². The van der Waals surface area contributed by atoms with Crippen molar-refractivity contribution in [2.24, 2.45) is 0 Å². The maximum absolute atomic E-state index is 13.2. The molecule has 2 aromatic heterocycles. The number of hydrogen-bond acceptors (Lipinski definition) is 4. The maximum Gasteiger partial charge on any atom is 0.413 e. The minimum Gasteiger partial charge on any atom is -0.410 e. The molecule has 5 aromatic rings. The molecule has 0 radical (unpaired) electrons. The molecule has 158 valence electrons. The zero-order valence-electron chi connectivity index (χ0n) is 16.6. The van der Waals surface area contributed by atoms with E-state index >= 15 is 0 Å². The van der Waals surface area contributed by atoms with Gasteiger partial charge in [-0.25, -0.2) is 9.78 Å². The lowest BCUT2D eigenvalue weighted by Gasteiger charge is -2.19. The van der Waals surface area contributed by atoms with Crippen LogP contribution in [0, 0.1) is 0 Å². The standard InChI is InChI=1S/C24H17ClN4O3/c25-15-6-8-17-20(10-15)26-12-18(23(17)30)22(14-4-2-1-3-5-14)29-24(31)32-16-7-9-19-21(11-16)28-13-27-19/h1-13,22H,(H,26,30)(H,27,28)(H,29,31). The second kappa shape index (κ2) is 8.20. The molecule has 7 nitrogen and oxygen atoms in total. The summed E-state index contributed by atoms with van der Waals surface area (Å²) in [4.78, 5) is 36.2. The number of amides is 1. The van der Waals surface area contributed by atoms with E-state index in [4.69, 9.17) is 16.3 Å². The van der Waals surface area contributed by atoms with Crippen LogP contribution in [0.5, 0.6) is 5.75 Å². The van der Waals surface area contributed by atoms with Gasteiger partial charge in [0.2, 0.25) is 0 Å². The SMILES string of the molecule is O=C(NC(c1ccccc1)c1c[nH]c2cc(Cl)ccc2c1=O)Oc1ccc2nc[nH]c2c1. The van der Waals surface area contributed by atoms with Crippen molar-refractivity contribution in [3.63, 3.8) is 0 Å². The topological polar surface area (TPSA) is 99.9 Å². The number of rotatable bonds is 4. The Bertz CT molecular complexity index is 1490. The molecule has 5 rings (SSSR count). The van der Waals surface area contributed by atoms with Gasteiger partial charge in [0.25, 0.3) is 0 Å². The van der Waals surface area contributed by atoms with E-state index in [1.807, 2.05) is 30.3 Å². The highest BCUT2D eigenvalue weighted by Crippen LogP contribution is 2.23. The third-order valence-corrected chi connectivity index (χ3v) is 5.42. The summed E-state index contributed by atoms with van der Waals surface area (Å²) in [6, 6.07) is 18.6. The Kier molecular flexibility index (Phi) is 5.09. The van der Waals surface area contributed by atoms with Crippen LogP contribution in [-0.4, -0.2) is 21.0 Å². The molecule has 0 bridgehead atoms. The molecule has 1 amide bonds. The van der Waals surface area contributed by atoms with Crippen molar-refractivity contribution in [1.29, 1.82) is 0 Å². The second-order valence-corrected chi connectivity index (χ2v) is 7.66. The highest BCUT2D eigenvalue weighted by molar-refractivity contribution is 6.31. The van der Waals surface area contributed by atoms with Crippen molar-refractivity contribution < 1.29 is 9.53 Å². The largest absolute Gasteiger partial charge is 0.413 e. The smallest absolute Gasteiger partial charge is 0.410 e. The number of pyridine rings is 1. The van der Waals surface area contributed by atoms with Crippen LogP contribution < -0.4 is 15.5 Å². The highest BCUT2D eigenvalue weighted by atomic mass is 35.5. The number of halogens is 1. The summed E-state index contributed by atoms with van der Waals surface area (Å²) in [6.07, 6.45) is 2.47. The first-order valence-corrected chi connectivity index (χ1v) is 10.2. The Labute approximate surface area is 187 Å². The molecule has 0 aliphatic carbocycles. The fourth-order valence-electron chi connectivity index (χ4n) is 3.64. The number of carbonyl (C=O) groups is 1. The molecule has 0 aliphatic rings. The number of hydrogen-bond donors (Lipinski definition) is 3. The maximum atomic E-state index is 13.2. The Morgan fingerprint density at radius 3 is 2.69 bits per heavy atom. The van der Waals surface area contributed by atoms with Crippen LogP contribution in [0.1, 0.15) is 17.2 Å². The number of ether oxygens (including phenoxy) is 1. The van der Waals surface area contributed by atoms with E-state index in [0.717, 1.165) is 16.6 Å². The average molecular weight is 445 g/mol. The van der Waals surface area contributed by atoms with Gasteiger partial charge in [-0.1, -0.05) is 41.9 Å². The molecular weight excluding hydrogens is 428 g/mol. The highest BCUT2D eigenvalue weighted by Gasteiger charge is 2.22. The number of H-pyrrole nitrogens is 2. The summed E-state index contributed by atoms with van der Waals surface area (Å²) in [7, 11) is 0. The molecule has 32 heavy (non-hydrogen) atoms. The molecule has 3 N–H and O–H groups in total. The Morgan fingerprint density at radius 1 is 1.00 bits per heavy atom. The van der Waals surface area contributed by atoms with Crippen molar-refractivity contribution >= 4 is 39.6 Å². The fourth-order valence-corrected chi connectivity index (χ4v) is 3.82. The summed E-state index contributed by atoms with van der Waals surface area (Å²) in [5, 5.41) is 3.83. The third-order valence-electron chi connectivity index (χ3n) is 5.18. The van der Waals surface area contributed by atoms with Gasteiger partial charge in [0.05, 0.1) is 28.9 Å². The Morgan fingerprint density at radius 2 is 1.84 bits per heavy atom. The number of fused-ring (bicyclic) bond motifs is 2. The van der Waals surface area contributed by atoms with E-state index in [2.05, 4.69) is 20.3 Å². The van der Waals surface area contributed by atoms with Crippen LogP contribution in [0.25, 0.3) is 21.9 Å². The van der Waals surface area contributed by atoms with Crippen molar-refractivity contribution in [3.05, 3.63) is 106 Å². The zero-order valence-corrected chi connectivity index (χ0v) is 17.4. The number of nitrogens with one attached hydrogen (secondary N) is 3. The van der Waals surface area contributed by atoms with E-state index in [1.165, 1.54) is 0 Å². The van der Waals surface area contributed by atoms with Crippen molar-refractivity contribution in [1.82, 2.24) is 20.3 Å². The first-order valence-electron chi connectivity index (χ1n) is 9.86. The van der Waals surface area contributed by atoms with Crippen molar-refractivity contribution in [2.45, 2.75) is 6.04 Å². The van der Waals surface area contributed by atoms with Gasteiger partial charge in [-0.05, 0) is 35.9 Å². The predicted octanol–water partition coefficient (Wildman–Crippen LogP) is 4.94. The molecule has 0 spiro atoms. The zero-order chi connectivity index (χ0) is 22.1. The van der Waals surface area contributed by atoms with Crippen LogP contribution in [0.2, 0.25) is 5.02 Å². The van der Waals surface area contributed by atoms with Crippen molar-refractivity contribution in [2.75, 3.05) is 0 Å². The molecule has 1 atom stereocenters. The number of imidazole rings is 1. The van der Waals surface area contributed by atoms with E-state index in [-0.39, 0.29) is 5.43 Å². The van der Waals surface area contributed by atoms with E-state index in [9.17, 15) is 9.59 Å². The lowest BCUT2D eigenvalue weighted by molar-refractivity contribution is 0.198. The fraction of sp³-hybridized carbons (Fsp3) is 0.0417. The number of carbonyl (C=O) groups excluding carboxylic acids is 1. The van der Waals surface area contributed by atoms with Gasteiger partial charge in [-0.2, -0.15) is 0 Å². The Hall–Kier alpha value is -4.10. The second-order valence-electron chi connectivity index (χ2n) is 7.22. The quantitative estimate of drug-likeness (QED) is 0.365. The van der Waals surface area contributed by atoms with Crippen LogP contribution in [-0.2, 0) is 0 Å². The average Bonchev–Trinajstić information content (AvgIpc) is 3.26. The van der Waals surface area contributed by atoms with E-state index in [0.29, 0.717) is 27.2 Å². The van der Waals surface area contributed by atoms with Gasteiger partial charge >= 0.3 is 6.09 Å². The minimum atomic E-state index is -0.719. The molecule has 0 saturated carbocycles. The number of aromatic amines is 2. The summed E-state index contributed by atoms with van der Waals surface area (Å²) >= 11 is 6.04. The van der Waals surface area contributed by atoms with Gasteiger partial charge in [0.15, 0.2) is 5.43 Å². The summed E-state index contributed by atoms with van der Waals surface area (Å²) in [5.74, 6) is 0.355. The number of nitrogens with zero attached hydrogens (tertiary/aromatic N) is 1. The number of aromatic nitrogens is 3. The first-order chi connectivity index (χ1) is 15.6. The molecule has 0 fully saturated rings. The minimum absolute atomic E-state index is 0.205. The molecule has 0 saturated heterocycles. The predicted molar refractivity (Wildman–Crippen MR) is 123 cm³/mol. The molecule has 1 unspecified atom stereocenters. The van der Waals surface area contributed by atoms with Gasteiger partial charge in [-0.3, -0.25) is 4.79 Å². The summed E-state index contributed by atoms with van der Waals surface area (Å²) in [5.41, 5.74) is 3.05. The van der Waals surface area contributed by atoms with Crippen molar-refractivity contribution in [3.8, 4) is 5.75 Å². The van der Waals surface area contributed by atoms with E-state index < -0.39 is 12.1 Å². The van der Waals surface area contributed by atoms with Crippen LogP contribution in [0.15, 0.2) is 84.0 Å². The van der Waals surface area contributed by atoms with Gasteiger partial charge in [-0.15, -0.1) is 0 Å². The van der Waals surface area contributed by atoms with E-state index in [1.54, 1.807) is 48.9 Å². The van der Waals surface area contributed by atoms with Gasteiger partial charge < -0.3 is 20.0 Å². The van der Waals surface area contributed by atoms with Crippen LogP contribution >= 0.6 is 11.6 Å². The Balaban J connectivity index is 1.49. The first kappa shape index (κ1) is 19.8. The molecule has 2 heterocycles. The molecular formula is C24H17ClN4O3. The van der Waals surface area contributed by atoms with Crippen LogP contribution in [0.4, 0.5) is 4.79 Å². The summed E-state index contributed by atoms with van der Waals surface area (Å²) < 4.78 is 5.48. The summed E-state index contributed by atoms with van der Waals surface area (Å²) in [6.45, 7) is 0. The molecule has 8 heteroatoms. The lowest BCUT2D eigenvalue weighted by atomic mass is 9.98.